The van der Waals surface area contributed by atoms with Gasteiger partial charge in [0.05, 0.1) is 13.4 Å². The van der Waals surface area contributed by atoms with Crippen molar-refractivity contribution in [1.82, 2.24) is 10.2 Å². The molecule has 2 rings (SSSR count). The lowest BCUT2D eigenvalue weighted by molar-refractivity contribution is -0.145. The van der Waals surface area contributed by atoms with Gasteiger partial charge in [0.25, 0.3) is 5.91 Å². The Bertz CT molecular complexity index is 496. The van der Waals surface area contributed by atoms with Crippen LogP contribution in [-0.4, -0.2) is 36.5 Å². The summed E-state index contributed by atoms with van der Waals surface area (Å²) in [6.07, 6.45) is 1.41. The maximum Gasteiger partial charge on any atom is 0.325 e. The molecule has 18 heavy (non-hydrogen) atoms. The van der Waals surface area contributed by atoms with Crippen LogP contribution >= 0.6 is 0 Å². The Labute approximate surface area is 103 Å². The molecule has 1 aliphatic heterocycles. The minimum atomic E-state index is -1.28. The van der Waals surface area contributed by atoms with Crippen LogP contribution in [0.4, 0.5) is 4.79 Å². The second-order valence-electron chi connectivity index (χ2n) is 4.00. The number of hydrogen-bond donors (Lipinski definition) is 1. The van der Waals surface area contributed by atoms with Crippen molar-refractivity contribution in [1.29, 1.82) is 0 Å². The molecule has 0 saturated carbocycles. The van der Waals surface area contributed by atoms with Crippen LogP contribution in [0.5, 0.6) is 0 Å². The van der Waals surface area contributed by atoms with E-state index in [0.717, 1.165) is 4.90 Å². The second-order valence-corrected chi connectivity index (χ2v) is 4.00. The molecule has 1 aromatic rings. The number of esters is 1. The number of amides is 3. The lowest BCUT2D eigenvalue weighted by Crippen LogP contribution is -2.41. The number of carbonyl (C=O) groups is 3. The van der Waals surface area contributed by atoms with Gasteiger partial charge in [-0.05, 0) is 19.1 Å². The van der Waals surface area contributed by atoms with Crippen LogP contribution < -0.4 is 5.32 Å². The Morgan fingerprint density at radius 1 is 1.56 bits per heavy atom. The Balaban J connectivity index is 2.26. The number of furan rings is 1. The van der Waals surface area contributed by atoms with E-state index in [0.29, 0.717) is 5.76 Å². The van der Waals surface area contributed by atoms with Crippen LogP contribution in [0.1, 0.15) is 12.7 Å². The monoisotopic (exact) mass is 252 g/mol. The van der Waals surface area contributed by atoms with Gasteiger partial charge in [0.2, 0.25) is 0 Å². The number of imide groups is 1. The number of ether oxygens (including phenoxy) is 1. The molecule has 1 aromatic heterocycles. The van der Waals surface area contributed by atoms with Gasteiger partial charge in [-0.25, -0.2) is 4.79 Å². The molecule has 3 amide bonds. The molecule has 1 saturated heterocycles. The van der Waals surface area contributed by atoms with Crippen molar-refractivity contribution < 1.29 is 23.5 Å². The number of carbonyl (C=O) groups excluding carboxylic acids is 3. The van der Waals surface area contributed by atoms with Crippen molar-refractivity contribution in [2.45, 2.75) is 12.5 Å². The number of urea groups is 1. The van der Waals surface area contributed by atoms with Gasteiger partial charge in [0.1, 0.15) is 12.3 Å². The predicted octanol–water partition coefficient (Wildman–Crippen LogP) is 0.220. The van der Waals surface area contributed by atoms with Crippen LogP contribution in [0.15, 0.2) is 22.8 Å². The van der Waals surface area contributed by atoms with Gasteiger partial charge in [0, 0.05) is 0 Å². The summed E-state index contributed by atoms with van der Waals surface area (Å²) in [7, 11) is 1.19. The largest absolute Gasteiger partial charge is 0.468 e. The summed E-state index contributed by atoms with van der Waals surface area (Å²) in [5, 5.41) is 2.50. The fraction of sp³-hybridized carbons (Fsp3) is 0.364. The van der Waals surface area contributed by atoms with E-state index in [2.05, 4.69) is 10.1 Å². The summed E-state index contributed by atoms with van der Waals surface area (Å²) >= 11 is 0. The minimum Gasteiger partial charge on any atom is -0.468 e. The molecule has 0 radical (unpaired) electrons. The normalized spacial score (nSPS) is 23.1. The highest BCUT2D eigenvalue weighted by Gasteiger charge is 2.51. The fourth-order valence-corrected chi connectivity index (χ4v) is 1.76. The molecule has 0 aliphatic carbocycles. The molecule has 7 nitrogen and oxygen atoms in total. The summed E-state index contributed by atoms with van der Waals surface area (Å²) < 4.78 is 9.57. The average Bonchev–Trinajstić information content (AvgIpc) is 2.93. The third kappa shape index (κ3) is 1.73. The SMILES string of the molecule is COC(=O)CN1C(=O)NC(C)(c2ccco2)C1=O. The van der Waals surface area contributed by atoms with E-state index in [4.69, 9.17) is 4.42 Å². The molecule has 96 valence electrons. The summed E-state index contributed by atoms with van der Waals surface area (Å²) in [6.45, 7) is 1.10. The first kappa shape index (κ1) is 12.2. The molecular weight excluding hydrogens is 240 g/mol. The first-order valence-corrected chi connectivity index (χ1v) is 5.24. The zero-order valence-corrected chi connectivity index (χ0v) is 9.93. The zero-order chi connectivity index (χ0) is 13.3. The van der Waals surface area contributed by atoms with E-state index in [1.165, 1.54) is 20.3 Å². The average molecular weight is 252 g/mol. The Morgan fingerprint density at radius 2 is 2.28 bits per heavy atom. The number of nitrogens with one attached hydrogen (secondary N) is 1. The van der Waals surface area contributed by atoms with Crippen LogP contribution in [0.3, 0.4) is 0 Å². The third-order valence-electron chi connectivity index (χ3n) is 2.80. The van der Waals surface area contributed by atoms with Gasteiger partial charge in [-0.15, -0.1) is 0 Å². The first-order chi connectivity index (χ1) is 8.49. The number of rotatable bonds is 3. The third-order valence-corrected chi connectivity index (χ3v) is 2.80. The summed E-state index contributed by atoms with van der Waals surface area (Å²) in [4.78, 5) is 35.8. The topological polar surface area (TPSA) is 88.8 Å². The molecule has 1 aliphatic rings. The van der Waals surface area contributed by atoms with E-state index in [-0.39, 0.29) is 0 Å². The number of nitrogens with zero attached hydrogens (tertiary/aromatic N) is 1. The Kier molecular flexibility index (Phi) is 2.82. The van der Waals surface area contributed by atoms with E-state index >= 15 is 0 Å². The van der Waals surface area contributed by atoms with E-state index in [1.54, 1.807) is 12.1 Å². The van der Waals surface area contributed by atoms with E-state index in [9.17, 15) is 14.4 Å². The molecule has 0 spiro atoms. The quantitative estimate of drug-likeness (QED) is 0.614. The summed E-state index contributed by atoms with van der Waals surface area (Å²) in [5.74, 6) is -0.900. The summed E-state index contributed by atoms with van der Waals surface area (Å²) in [6, 6.07) is 2.55. The zero-order valence-electron chi connectivity index (χ0n) is 9.93. The summed E-state index contributed by atoms with van der Waals surface area (Å²) in [5.41, 5.74) is -1.28. The standard InChI is InChI=1S/C11H12N2O5/c1-11(7-4-3-5-18-7)9(15)13(10(16)12-11)6-8(14)17-2/h3-5H,6H2,1-2H3,(H,12,16). The highest BCUT2D eigenvalue weighted by molar-refractivity contribution is 6.08. The fourth-order valence-electron chi connectivity index (χ4n) is 1.76. The highest BCUT2D eigenvalue weighted by Crippen LogP contribution is 2.28. The van der Waals surface area contributed by atoms with Crippen molar-refractivity contribution in [2.75, 3.05) is 13.7 Å². The number of methoxy groups -OCH3 is 1. The number of hydrogen-bond acceptors (Lipinski definition) is 5. The molecule has 7 heteroatoms. The van der Waals surface area contributed by atoms with Crippen molar-refractivity contribution in [3.63, 3.8) is 0 Å². The van der Waals surface area contributed by atoms with Crippen molar-refractivity contribution in [3.8, 4) is 0 Å². The highest BCUT2D eigenvalue weighted by atomic mass is 16.5. The van der Waals surface area contributed by atoms with Crippen LogP contribution in [0.2, 0.25) is 0 Å². The van der Waals surface area contributed by atoms with Crippen molar-refractivity contribution >= 4 is 17.9 Å². The van der Waals surface area contributed by atoms with E-state index < -0.39 is 30.0 Å². The molecule has 0 aromatic carbocycles. The second kappa shape index (κ2) is 4.17. The van der Waals surface area contributed by atoms with Gasteiger partial charge in [-0.1, -0.05) is 0 Å². The maximum absolute atomic E-state index is 12.2. The molecule has 2 heterocycles. The van der Waals surface area contributed by atoms with Crippen molar-refractivity contribution in [3.05, 3.63) is 24.2 Å². The molecule has 1 unspecified atom stereocenters. The van der Waals surface area contributed by atoms with Gasteiger partial charge in [-0.2, -0.15) is 0 Å². The van der Waals surface area contributed by atoms with Gasteiger partial charge < -0.3 is 14.5 Å². The molecule has 0 bridgehead atoms. The Morgan fingerprint density at radius 3 is 2.83 bits per heavy atom. The smallest absolute Gasteiger partial charge is 0.325 e. The van der Waals surface area contributed by atoms with Gasteiger partial charge in [0.15, 0.2) is 5.54 Å². The predicted molar refractivity (Wildman–Crippen MR) is 58.3 cm³/mol. The van der Waals surface area contributed by atoms with Crippen LogP contribution in [-0.2, 0) is 19.9 Å². The lowest BCUT2D eigenvalue weighted by atomic mass is 9.99. The first-order valence-electron chi connectivity index (χ1n) is 5.24. The van der Waals surface area contributed by atoms with Gasteiger partial charge >= 0.3 is 12.0 Å². The molecule has 1 atom stereocenters. The van der Waals surface area contributed by atoms with Crippen molar-refractivity contribution in [2.24, 2.45) is 0 Å². The van der Waals surface area contributed by atoms with E-state index in [1.807, 2.05) is 0 Å². The lowest BCUT2D eigenvalue weighted by Gasteiger charge is -2.18. The maximum atomic E-state index is 12.2. The van der Waals surface area contributed by atoms with Gasteiger partial charge in [-0.3, -0.25) is 14.5 Å². The molecular formula is C11H12N2O5. The van der Waals surface area contributed by atoms with Crippen LogP contribution in [0, 0.1) is 0 Å². The Hall–Kier alpha value is -2.31. The molecule has 1 N–H and O–H groups in total. The minimum absolute atomic E-state index is 0.313. The van der Waals surface area contributed by atoms with Crippen LogP contribution in [0.25, 0.3) is 0 Å². The molecule has 1 fully saturated rings.